The molecule has 0 spiro atoms. The largest absolute Gasteiger partial charge is 0.381 e. The Labute approximate surface area is 178 Å². The molecule has 2 aromatic carbocycles. The molecule has 0 aliphatic carbocycles. The molecular weight excluding hydrogens is 453 g/mol. The Morgan fingerprint density at radius 1 is 1.11 bits per heavy atom. The molecular formula is C21H28IN3O2. The highest BCUT2D eigenvalue weighted by Gasteiger charge is 2.34. The van der Waals surface area contributed by atoms with Crippen LogP contribution in [0.15, 0.2) is 59.6 Å². The van der Waals surface area contributed by atoms with Gasteiger partial charge in [-0.2, -0.15) is 0 Å². The number of anilines is 1. The zero-order chi connectivity index (χ0) is 18.2. The van der Waals surface area contributed by atoms with Gasteiger partial charge in [-0.25, -0.2) is 0 Å². The van der Waals surface area contributed by atoms with E-state index in [1.165, 1.54) is 5.56 Å². The van der Waals surface area contributed by atoms with E-state index in [1.807, 2.05) is 30.3 Å². The quantitative estimate of drug-likeness (QED) is 0.373. The fourth-order valence-electron chi connectivity index (χ4n) is 3.43. The lowest BCUT2D eigenvalue weighted by Crippen LogP contribution is -2.38. The van der Waals surface area contributed by atoms with Gasteiger partial charge in [0.15, 0.2) is 5.96 Å². The number of rotatable bonds is 6. The molecule has 1 heterocycles. The maximum atomic E-state index is 6.19. The summed E-state index contributed by atoms with van der Waals surface area (Å²) in [5, 5.41) is 3.22. The van der Waals surface area contributed by atoms with Gasteiger partial charge < -0.3 is 20.5 Å². The first-order valence-electron chi connectivity index (χ1n) is 9.01. The smallest absolute Gasteiger partial charge is 0.193 e. The van der Waals surface area contributed by atoms with Gasteiger partial charge in [-0.3, -0.25) is 4.99 Å². The molecule has 0 radical (unpaired) electrons. The molecule has 0 atom stereocenters. The van der Waals surface area contributed by atoms with Crippen LogP contribution in [0.2, 0.25) is 0 Å². The second-order valence-corrected chi connectivity index (χ2v) is 6.68. The molecule has 1 fully saturated rings. The molecule has 1 aliphatic rings. The van der Waals surface area contributed by atoms with E-state index in [4.69, 9.17) is 15.2 Å². The van der Waals surface area contributed by atoms with Crippen molar-refractivity contribution < 1.29 is 9.47 Å². The van der Waals surface area contributed by atoms with E-state index in [0.717, 1.165) is 37.3 Å². The third-order valence-corrected chi connectivity index (χ3v) is 4.97. The maximum Gasteiger partial charge on any atom is 0.193 e. The lowest BCUT2D eigenvalue weighted by Gasteiger charge is -2.36. The van der Waals surface area contributed by atoms with Crippen molar-refractivity contribution in [3.8, 4) is 0 Å². The van der Waals surface area contributed by atoms with Crippen LogP contribution >= 0.6 is 24.0 Å². The second-order valence-electron chi connectivity index (χ2n) is 6.68. The normalized spacial score (nSPS) is 16.4. The summed E-state index contributed by atoms with van der Waals surface area (Å²) < 4.78 is 10.8. The standard InChI is InChI=1S/C21H27N3O2.HI/c1-25-15-17-7-5-6-10-19(17)24-20(22)23-16-21(11-13-26-14-12-21)18-8-3-2-4-9-18;/h2-10H,11-16H2,1H3,(H3,22,23,24);1H. The van der Waals surface area contributed by atoms with Crippen LogP contribution in [0, 0.1) is 0 Å². The molecule has 3 N–H and O–H groups in total. The van der Waals surface area contributed by atoms with E-state index in [9.17, 15) is 0 Å². The molecule has 27 heavy (non-hydrogen) atoms. The minimum absolute atomic E-state index is 0. The molecule has 0 unspecified atom stereocenters. The highest BCUT2D eigenvalue weighted by atomic mass is 127. The average Bonchev–Trinajstić information content (AvgIpc) is 2.70. The Balaban J connectivity index is 0.00000261. The van der Waals surface area contributed by atoms with E-state index in [2.05, 4.69) is 34.6 Å². The summed E-state index contributed by atoms with van der Waals surface area (Å²) >= 11 is 0. The van der Waals surface area contributed by atoms with Crippen LogP contribution in [0.1, 0.15) is 24.0 Å². The Morgan fingerprint density at radius 3 is 2.48 bits per heavy atom. The van der Waals surface area contributed by atoms with Crippen LogP contribution in [0.5, 0.6) is 0 Å². The van der Waals surface area contributed by atoms with Crippen molar-refractivity contribution in [2.24, 2.45) is 10.7 Å². The first kappa shape index (κ1) is 21.7. The summed E-state index contributed by atoms with van der Waals surface area (Å²) in [5.41, 5.74) is 9.46. The van der Waals surface area contributed by atoms with E-state index >= 15 is 0 Å². The first-order chi connectivity index (χ1) is 12.7. The Kier molecular flexibility index (Phi) is 8.53. The molecule has 146 valence electrons. The lowest BCUT2D eigenvalue weighted by atomic mass is 9.74. The first-order valence-corrected chi connectivity index (χ1v) is 9.01. The van der Waals surface area contributed by atoms with E-state index in [-0.39, 0.29) is 29.4 Å². The number of nitrogens with one attached hydrogen (secondary N) is 1. The molecule has 0 amide bonds. The number of benzene rings is 2. The van der Waals surface area contributed by atoms with Crippen LogP contribution in [0.4, 0.5) is 5.69 Å². The van der Waals surface area contributed by atoms with Crippen LogP contribution in [0.25, 0.3) is 0 Å². The fraction of sp³-hybridized carbons (Fsp3) is 0.381. The Hall–Kier alpha value is -1.64. The Bertz CT molecular complexity index is 731. The number of para-hydroxylation sites is 1. The van der Waals surface area contributed by atoms with Crippen molar-refractivity contribution >= 4 is 35.6 Å². The summed E-state index contributed by atoms with van der Waals surface area (Å²) in [6.45, 7) is 2.69. The predicted octanol–water partition coefficient (Wildman–Crippen LogP) is 3.93. The summed E-state index contributed by atoms with van der Waals surface area (Å²) in [4.78, 5) is 4.68. The van der Waals surface area contributed by atoms with Gasteiger partial charge in [0.25, 0.3) is 0 Å². The van der Waals surface area contributed by atoms with E-state index < -0.39 is 0 Å². The van der Waals surface area contributed by atoms with Crippen molar-refractivity contribution in [3.63, 3.8) is 0 Å². The van der Waals surface area contributed by atoms with Crippen molar-refractivity contribution in [1.82, 2.24) is 0 Å². The number of ether oxygens (including phenoxy) is 2. The van der Waals surface area contributed by atoms with Gasteiger partial charge in [0.05, 0.1) is 13.2 Å². The molecule has 0 aromatic heterocycles. The van der Waals surface area contributed by atoms with Gasteiger partial charge in [0.1, 0.15) is 0 Å². The van der Waals surface area contributed by atoms with Crippen LogP contribution < -0.4 is 11.1 Å². The molecule has 3 rings (SSSR count). The lowest BCUT2D eigenvalue weighted by molar-refractivity contribution is 0.0531. The topological polar surface area (TPSA) is 68.9 Å². The molecule has 0 saturated carbocycles. The minimum atomic E-state index is -0.0160. The second kappa shape index (κ2) is 10.6. The number of hydrogen-bond donors (Lipinski definition) is 2. The van der Waals surface area contributed by atoms with Gasteiger partial charge in [0.2, 0.25) is 0 Å². The molecule has 6 heteroatoms. The number of aliphatic imine (C=N–C) groups is 1. The summed E-state index contributed by atoms with van der Waals surface area (Å²) in [7, 11) is 1.68. The SMILES string of the molecule is COCc1ccccc1NC(N)=NCC1(c2ccccc2)CCOCC1.I. The van der Waals surface area contributed by atoms with Crippen molar-refractivity contribution in [1.29, 1.82) is 0 Å². The third-order valence-electron chi connectivity index (χ3n) is 4.97. The number of nitrogens with zero attached hydrogens (tertiary/aromatic N) is 1. The highest BCUT2D eigenvalue weighted by Crippen LogP contribution is 2.35. The van der Waals surface area contributed by atoms with E-state index in [1.54, 1.807) is 7.11 Å². The highest BCUT2D eigenvalue weighted by molar-refractivity contribution is 14.0. The zero-order valence-electron chi connectivity index (χ0n) is 15.7. The van der Waals surface area contributed by atoms with Gasteiger partial charge in [0, 0.05) is 37.0 Å². The predicted molar refractivity (Wildman–Crippen MR) is 121 cm³/mol. The third kappa shape index (κ3) is 5.67. The van der Waals surface area contributed by atoms with Gasteiger partial charge >= 0.3 is 0 Å². The van der Waals surface area contributed by atoms with Crippen molar-refractivity contribution in [3.05, 3.63) is 65.7 Å². The number of methoxy groups -OCH3 is 1. The van der Waals surface area contributed by atoms with Gasteiger partial charge in [-0.15, -0.1) is 24.0 Å². The van der Waals surface area contributed by atoms with Crippen LogP contribution in [-0.2, 0) is 21.5 Å². The molecule has 2 aromatic rings. The van der Waals surface area contributed by atoms with Crippen molar-refractivity contribution in [2.75, 3.05) is 32.2 Å². The number of guanidine groups is 1. The number of nitrogens with two attached hydrogens (primary N) is 1. The summed E-state index contributed by atoms with van der Waals surface area (Å²) in [5.74, 6) is 0.426. The molecule has 1 saturated heterocycles. The number of halogens is 1. The maximum absolute atomic E-state index is 6.19. The minimum Gasteiger partial charge on any atom is -0.381 e. The van der Waals surface area contributed by atoms with Crippen LogP contribution in [-0.4, -0.2) is 32.8 Å². The molecule has 0 bridgehead atoms. The summed E-state index contributed by atoms with van der Waals surface area (Å²) in [6.07, 6.45) is 1.90. The van der Waals surface area contributed by atoms with Crippen LogP contribution in [0.3, 0.4) is 0 Å². The van der Waals surface area contributed by atoms with Crippen molar-refractivity contribution in [2.45, 2.75) is 24.9 Å². The Morgan fingerprint density at radius 2 is 1.78 bits per heavy atom. The van der Waals surface area contributed by atoms with Gasteiger partial charge in [-0.1, -0.05) is 48.5 Å². The monoisotopic (exact) mass is 481 g/mol. The van der Waals surface area contributed by atoms with Gasteiger partial charge in [-0.05, 0) is 24.5 Å². The molecule has 5 nitrogen and oxygen atoms in total. The number of hydrogen-bond acceptors (Lipinski definition) is 3. The van der Waals surface area contributed by atoms with E-state index in [0.29, 0.717) is 19.1 Å². The average molecular weight is 481 g/mol. The molecule has 1 aliphatic heterocycles. The fourth-order valence-corrected chi connectivity index (χ4v) is 3.43. The zero-order valence-corrected chi connectivity index (χ0v) is 18.0. The summed E-state index contributed by atoms with van der Waals surface area (Å²) in [6, 6.07) is 18.5.